The zero-order valence-electron chi connectivity index (χ0n) is 18.8. The zero-order chi connectivity index (χ0) is 25.8. The highest BCUT2D eigenvalue weighted by atomic mass is 32.2. The van der Waals surface area contributed by atoms with E-state index in [4.69, 9.17) is 10.00 Å². The predicted molar refractivity (Wildman–Crippen MR) is 127 cm³/mol. The molecular weight excluding hydrogens is 492 g/mol. The van der Waals surface area contributed by atoms with Gasteiger partial charge in [-0.15, -0.1) is 0 Å². The minimum atomic E-state index is -3.84. The maximum atomic E-state index is 12.8. The lowest BCUT2D eigenvalue weighted by Gasteiger charge is -2.19. The topological polar surface area (TPSA) is 142 Å². The molecule has 0 bridgehead atoms. The van der Waals surface area contributed by atoms with Crippen LogP contribution in [0.4, 0.5) is 0 Å². The van der Waals surface area contributed by atoms with Crippen LogP contribution in [0, 0.1) is 11.3 Å². The van der Waals surface area contributed by atoms with Gasteiger partial charge < -0.3 is 9.84 Å². The molecule has 0 radical (unpaired) electrons. The summed E-state index contributed by atoms with van der Waals surface area (Å²) < 4.78 is 56.0. The lowest BCUT2D eigenvalue weighted by atomic mass is 10.1. The largest absolute Gasteiger partial charge is 0.478 e. The molecule has 9 nitrogen and oxygen atoms in total. The Morgan fingerprint density at radius 3 is 2.23 bits per heavy atom. The molecule has 0 aliphatic carbocycles. The molecule has 0 saturated carbocycles. The second kappa shape index (κ2) is 10.3. The number of benzene rings is 3. The highest BCUT2D eigenvalue weighted by Gasteiger charge is 2.24. The number of ether oxygens (including phenoxy) is 1. The maximum Gasteiger partial charge on any atom is 0.349 e. The number of carboxylic acids is 1. The molecule has 0 aliphatic heterocycles. The van der Waals surface area contributed by atoms with Crippen molar-refractivity contribution in [2.24, 2.45) is 0 Å². The van der Waals surface area contributed by atoms with Crippen molar-refractivity contribution in [1.29, 1.82) is 5.26 Å². The van der Waals surface area contributed by atoms with Crippen molar-refractivity contribution in [3.8, 4) is 11.8 Å². The van der Waals surface area contributed by atoms with Crippen molar-refractivity contribution in [2.75, 3.05) is 13.3 Å². The predicted octanol–water partition coefficient (Wildman–Crippen LogP) is 2.99. The number of rotatable bonds is 9. The van der Waals surface area contributed by atoms with Crippen molar-refractivity contribution in [3.63, 3.8) is 0 Å². The van der Waals surface area contributed by atoms with Crippen LogP contribution in [-0.4, -0.2) is 45.5 Å². The molecule has 0 heterocycles. The second-order valence-corrected chi connectivity index (χ2v) is 11.8. The Morgan fingerprint density at radius 2 is 1.63 bits per heavy atom. The van der Waals surface area contributed by atoms with E-state index < -0.39 is 31.9 Å². The lowest BCUT2D eigenvalue weighted by molar-refractivity contribution is -0.145. The molecule has 35 heavy (non-hydrogen) atoms. The number of aliphatic carboxylic acids is 1. The van der Waals surface area contributed by atoms with E-state index in [-0.39, 0.29) is 33.2 Å². The number of hydrogen-bond donors (Lipinski definition) is 1. The number of nitrogens with zero attached hydrogens (tertiary/aromatic N) is 2. The van der Waals surface area contributed by atoms with E-state index in [2.05, 4.69) is 0 Å². The monoisotopic (exact) mass is 514 g/mol. The fourth-order valence-corrected chi connectivity index (χ4v) is 5.11. The van der Waals surface area contributed by atoms with Crippen LogP contribution in [0.3, 0.4) is 0 Å². The number of hydrogen-bond acceptors (Lipinski definition) is 7. The van der Waals surface area contributed by atoms with Gasteiger partial charge >= 0.3 is 5.97 Å². The summed E-state index contributed by atoms with van der Waals surface area (Å²) in [5.74, 6) is -1.09. The SMILES string of the molecule is CN(Cc1ccc(OC(C(=O)O)c2cccc(S(C)(=O)=O)c2)cc1)S(=O)(=O)c1cccc(C#N)c1. The first kappa shape index (κ1) is 25.9. The van der Waals surface area contributed by atoms with E-state index >= 15 is 0 Å². The number of carboxylic acid groups (broad SMARTS) is 1. The molecule has 3 aromatic carbocycles. The molecule has 3 aromatic rings. The molecule has 0 fully saturated rings. The second-order valence-electron chi connectivity index (χ2n) is 7.73. The van der Waals surface area contributed by atoms with Gasteiger partial charge in [-0.3, -0.25) is 0 Å². The average molecular weight is 515 g/mol. The first-order chi connectivity index (χ1) is 16.4. The molecular formula is C24H22N2O7S2. The number of sulfonamides is 1. The van der Waals surface area contributed by atoms with Crippen molar-refractivity contribution >= 4 is 25.8 Å². The summed E-state index contributed by atoms with van der Waals surface area (Å²) in [6.45, 7) is 0.0260. The van der Waals surface area contributed by atoms with Gasteiger partial charge in [-0.2, -0.15) is 9.57 Å². The van der Waals surface area contributed by atoms with Crippen LogP contribution in [0.1, 0.15) is 22.8 Å². The Labute approximate surface area is 203 Å². The first-order valence-electron chi connectivity index (χ1n) is 10.2. The van der Waals surface area contributed by atoms with E-state index in [1.807, 2.05) is 6.07 Å². The molecule has 3 rings (SSSR count). The fraction of sp³-hybridized carbons (Fsp3) is 0.167. The van der Waals surface area contributed by atoms with Crippen LogP contribution in [0.5, 0.6) is 5.75 Å². The van der Waals surface area contributed by atoms with Crippen LogP contribution in [-0.2, 0) is 31.2 Å². The van der Waals surface area contributed by atoms with Gasteiger partial charge in [0.1, 0.15) is 5.75 Å². The molecule has 0 amide bonds. The number of carbonyl (C=O) groups is 1. The maximum absolute atomic E-state index is 12.8. The quantitative estimate of drug-likeness (QED) is 0.459. The van der Waals surface area contributed by atoms with Gasteiger partial charge in [0.25, 0.3) is 0 Å². The average Bonchev–Trinajstić information content (AvgIpc) is 2.82. The van der Waals surface area contributed by atoms with Gasteiger partial charge in [0.05, 0.1) is 21.4 Å². The minimum Gasteiger partial charge on any atom is -0.478 e. The molecule has 1 atom stereocenters. The van der Waals surface area contributed by atoms with E-state index in [0.29, 0.717) is 5.56 Å². The van der Waals surface area contributed by atoms with Crippen LogP contribution in [0.25, 0.3) is 0 Å². The van der Waals surface area contributed by atoms with E-state index in [1.54, 1.807) is 12.1 Å². The van der Waals surface area contributed by atoms with Crippen molar-refractivity contribution in [2.45, 2.75) is 22.4 Å². The molecule has 0 aromatic heterocycles. The Kier molecular flexibility index (Phi) is 7.60. The summed E-state index contributed by atoms with van der Waals surface area (Å²) in [5, 5.41) is 18.6. The van der Waals surface area contributed by atoms with Crippen molar-refractivity contribution < 1.29 is 31.5 Å². The summed E-state index contributed by atoms with van der Waals surface area (Å²) in [5.41, 5.74) is 1.01. The van der Waals surface area contributed by atoms with Crippen LogP contribution in [0.15, 0.2) is 82.6 Å². The molecule has 1 unspecified atom stereocenters. The fourth-order valence-electron chi connectivity index (χ4n) is 3.23. The van der Waals surface area contributed by atoms with Gasteiger partial charge in [0, 0.05) is 25.4 Å². The third-order valence-electron chi connectivity index (χ3n) is 5.07. The summed E-state index contributed by atoms with van der Waals surface area (Å²) in [6.07, 6.45) is -0.420. The molecule has 11 heteroatoms. The zero-order valence-corrected chi connectivity index (χ0v) is 20.5. The minimum absolute atomic E-state index is 0.000345. The van der Waals surface area contributed by atoms with Gasteiger partial charge in [-0.05, 0) is 48.0 Å². The van der Waals surface area contributed by atoms with E-state index in [9.17, 15) is 26.7 Å². The molecule has 0 saturated heterocycles. The van der Waals surface area contributed by atoms with Crippen LogP contribution in [0.2, 0.25) is 0 Å². The van der Waals surface area contributed by atoms with Gasteiger partial charge in [0.2, 0.25) is 16.1 Å². The lowest BCUT2D eigenvalue weighted by Crippen LogP contribution is -2.26. The Balaban J connectivity index is 1.77. The van der Waals surface area contributed by atoms with Crippen LogP contribution >= 0.6 is 0 Å². The van der Waals surface area contributed by atoms with Gasteiger partial charge in [0.15, 0.2) is 9.84 Å². The summed E-state index contributed by atoms with van der Waals surface area (Å²) >= 11 is 0. The van der Waals surface area contributed by atoms with Crippen LogP contribution < -0.4 is 4.74 Å². The summed E-state index contributed by atoms with van der Waals surface area (Å²) in [4.78, 5) is 11.8. The first-order valence-corrected chi connectivity index (χ1v) is 13.5. The number of sulfone groups is 1. The van der Waals surface area contributed by atoms with E-state index in [1.165, 1.54) is 67.7 Å². The third kappa shape index (κ3) is 6.24. The van der Waals surface area contributed by atoms with Gasteiger partial charge in [-0.1, -0.05) is 30.3 Å². The number of nitriles is 1. The molecule has 0 spiro atoms. The molecule has 0 aliphatic rings. The Morgan fingerprint density at radius 1 is 1.00 bits per heavy atom. The highest BCUT2D eigenvalue weighted by molar-refractivity contribution is 7.90. The summed E-state index contributed by atoms with van der Waals surface area (Å²) in [7, 11) is -5.96. The standard InChI is InChI=1S/C24H22N2O7S2/c1-26(35(31,32)22-8-3-5-18(13-22)15-25)16-17-9-11-20(12-10-17)33-23(24(27)28)19-6-4-7-21(14-19)34(2,29)30/h3-14,23H,16H2,1-2H3,(H,27,28). The smallest absolute Gasteiger partial charge is 0.349 e. The highest BCUT2D eigenvalue weighted by Crippen LogP contribution is 2.26. The summed E-state index contributed by atoms with van der Waals surface area (Å²) in [6, 6.07) is 19.4. The van der Waals surface area contributed by atoms with E-state index in [0.717, 1.165) is 10.6 Å². The molecule has 1 N–H and O–H groups in total. The van der Waals surface area contributed by atoms with Gasteiger partial charge in [-0.25, -0.2) is 21.6 Å². The third-order valence-corrected chi connectivity index (χ3v) is 7.98. The molecule has 182 valence electrons. The Hall–Kier alpha value is -3.72. The van der Waals surface area contributed by atoms with Crippen molar-refractivity contribution in [1.82, 2.24) is 4.31 Å². The Bertz CT molecular complexity index is 1490. The normalized spacial score (nSPS) is 12.6. The van der Waals surface area contributed by atoms with Crippen molar-refractivity contribution in [3.05, 3.63) is 89.5 Å².